The van der Waals surface area contributed by atoms with E-state index in [0.717, 1.165) is 22.4 Å². The molecule has 3 rings (SSSR count). The fourth-order valence-corrected chi connectivity index (χ4v) is 2.56. The summed E-state index contributed by atoms with van der Waals surface area (Å²) in [4.78, 5) is 12.2. The Hall–Kier alpha value is -2.95. The molecule has 0 saturated carbocycles. The normalized spacial score (nSPS) is 11.4. The van der Waals surface area contributed by atoms with Crippen molar-refractivity contribution >= 4 is 5.91 Å². The van der Waals surface area contributed by atoms with Crippen LogP contribution in [0, 0.1) is 5.82 Å². The summed E-state index contributed by atoms with van der Waals surface area (Å²) in [6, 6.07) is 13.6. The Labute approximate surface area is 146 Å². The minimum absolute atomic E-state index is 0.106. The van der Waals surface area contributed by atoms with E-state index in [1.165, 1.54) is 12.1 Å². The van der Waals surface area contributed by atoms with Gasteiger partial charge in [0.15, 0.2) is 0 Å². The Morgan fingerprint density at radius 2 is 1.60 bits per heavy atom. The van der Waals surface area contributed by atoms with Crippen molar-refractivity contribution in [3.05, 3.63) is 66.1 Å². The predicted molar refractivity (Wildman–Crippen MR) is 96.6 cm³/mol. The average Bonchev–Trinajstić information content (AvgIpc) is 3.04. The number of halogens is 1. The van der Waals surface area contributed by atoms with Crippen LogP contribution in [-0.2, 0) is 0 Å². The molecule has 3 aromatic rings. The number of hydrogen-bond acceptors (Lipinski definition) is 2. The lowest BCUT2D eigenvalue weighted by Gasteiger charge is -2.20. The highest BCUT2D eigenvalue weighted by Crippen LogP contribution is 2.30. The van der Waals surface area contributed by atoms with Crippen LogP contribution in [0.25, 0.3) is 22.4 Å². The van der Waals surface area contributed by atoms with Crippen LogP contribution in [0.1, 0.15) is 31.1 Å². The van der Waals surface area contributed by atoms with E-state index in [4.69, 9.17) is 0 Å². The lowest BCUT2D eigenvalue weighted by molar-refractivity contribution is 0.0919. The number of benzene rings is 2. The summed E-state index contributed by atoms with van der Waals surface area (Å²) in [5.74, 6) is -0.385. The molecule has 1 aromatic heterocycles. The minimum atomic E-state index is -0.282. The van der Waals surface area contributed by atoms with Crippen LogP contribution in [0.2, 0.25) is 0 Å². The first-order valence-corrected chi connectivity index (χ1v) is 8.06. The summed E-state index contributed by atoms with van der Waals surface area (Å²) in [6.45, 7) is 5.83. The van der Waals surface area contributed by atoms with E-state index in [0.29, 0.717) is 5.56 Å². The molecule has 5 heteroatoms. The van der Waals surface area contributed by atoms with Gasteiger partial charge >= 0.3 is 0 Å². The number of aromatic amines is 1. The van der Waals surface area contributed by atoms with Gasteiger partial charge in [-0.2, -0.15) is 5.10 Å². The van der Waals surface area contributed by atoms with Crippen molar-refractivity contribution in [2.45, 2.75) is 26.3 Å². The maximum atomic E-state index is 13.1. The number of rotatable bonds is 3. The number of H-pyrrole nitrogens is 1. The molecule has 4 nitrogen and oxygen atoms in total. The molecule has 1 heterocycles. The van der Waals surface area contributed by atoms with Crippen LogP contribution in [-0.4, -0.2) is 21.6 Å². The standard InChI is InChI=1S/C20H20FN3O/c1-20(2,3)23-19(25)15-6-4-13(5-7-15)17-12-22-24-18(17)14-8-10-16(21)11-9-14/h4-12H,1-3H3,(H,22,24)(H,23,25). The van der Waals surface area contributed by atoms with Gasteiger partial charge in [0, 0.05) is 22.2 Å². The number of amides is 1. The minimum Gasteiger partial charge on any atom is -0.347 e. The van der Waals surface area contributed by atoms with Crippen molar-refractivity contribution in [1.82, 2.24) is 15.5 Å². The lowest BCUT2D eigenvalue weighted by atomic mass is 10.00. The van der Waals surface area contributed by atoms with E-state index >= 15 is 0 Å². The summed E-state index contributed by atoms with van der Waals surface area (Å²) >= 11 is 0. The van der Waals surface area contributed by atoms with Crippen LogP contribution in [0.4, 0.5) is 4.39 Å². The number of carbonyl (C=O) groups is 1. The van der Waals surface area contributed by atoms with Gasteiger partial charge in [0.1, 0.15) is 5.82 Å². The summed E-state index contributed by atoms with van der Waals surface area (Å²) in [5.41, 5.74) is 3.81. The molecule has 0 spiro atoms. The molecule has 0 atom stereocenters. The van der Waals surface area contributed by atoms with Gasteiger partial charge < -0.3 is 5.32 Å². The second-order valence-corrected chi connectivity index (χ2v) is 6.95. The van der Waals surface area contributed by atoms with Crippen molar-refractivity contribution in [3.63, 3.8) is 0 Å². The van der Waals surface area contributed by atoms with Crippen LogP contribution < -0.4 is 5.32 Å². The van der Waals surface area contributed by atoms with Crippen LogP contribution in [0.5, 0.6) is 0 Å². The molecule has 0 aliphatic heterocycles. The number of aromatic nitrogens is 2. The third kappa shape index (κ3) is 3.94. The molecule has 25 heavy (non-hydrogen) atoms. The number of nitrogens with zero attached hydrogens (tertiary/aromatic N) is 1. The Morgan fingerprint density at radius 1 is 1.00 bits per heavy atom. The SMILES string of the molecule is CC(C)(C)NC(=O)c1ccc(-c2cn[nH]c2-c2ccc(F)cc2)cc1. The van der Waals surface area contributed by atoms with Gasteiger partial charge in [0.2, 0.25) is 0 Å². The molecule has 0 fully saturated rings. The quantitative estimate of drug-likeness (QED) is 0.744. The smallest absolute Gasteiger partial charge is 0.251 e. The Morgan fingerprint density at radius 3 is 2.20 bits per heavy atom. The van der Waals surface area contributed by atoms with Crippen LogP contribution in [0.3, 0.4) is 0 Å². The van der Waals surface area contributed by atoms with Crippen molar-refractivity contribution in [3.8, 4) is 22.4 Å². The highest BCUT2D eigenvalue weighted by atomic mass is 19.1. The fourth-order valence-electron chi connectivity index (χ4n) is 2.56. The Balaban J connectivity index is 1.88. The summed E-state index contributed by atoms with van der Waals surface area (Å²) in [7, 11) is 0. The zero-order chi connectivity index (χ0) is 18.0. The molecule has 2 aromatic carbocycles. The third-order valence-electron chi connectivity index (χ3n) is 3.72. The zero-order valence-corrected chi connectivity index (χ0v) is 14.4. The molecule has 128 valence electrons. The monoisotopic (exact) mass is 337 g/mol. The number of carbonyl (C=O) groups excluding carboxylic acids is 1. The Bertz CT molecular complexity index is 875. The van der Waals surface area contributed by atoms with Gasteiger partial charge in [-0.25, -0.2) is 4.39 Å². The molecule has 2 N–H and O–H groups in total. The van der Waals surface area contributed by atoms with E-state index in [9.17, 15) is 9.18 Å². The molecule has 1 amide bonds. The molecule has 0 aliphatic carbocycles. The van der Waals surface area contributed by atoms with Gasteiger partial charge in [-0.15, -0.1) is 0 Å². The topological polar surface area (TPSA) is 57.8 Å². The molecule has 0 unspecified atom stereocenters. The largest absolute Gasteiger partial charge is 0.347 e. The van der Waals surface area contributed by atoms with Crippen LogP contribution in [0.15, 0.2) is 54.7 Å². The highest BCUT2D eigenvalue weighted by molar-refractivity contribution is 5.95. The number of nitrogens with one attached hydrogen (secondary N) is 2. The van der Waals surface area contributed by atoms with Crippen molar-refractivity contribution < 1.29 is 9.18 Å². The second kappa shape index (κ2) is 6.51. The van der Waals surface area contributed by atoms with Gasteiger partial charge in [-0.1, -0.05) is 12.1 Å². The number of hydrogen-bond donors (Lipinski definition) is 2. The second-order valence-electron chi connectivity index (χ2n) is 6.95. The first kappa shape index (κ1) is 16.9. The molecular formula is C20H20FN3O. The van der Waals surface area contributed by atoms with Gasteiger partial charge in [-0.05, 0) is 62.7 Å². The zero-order valence-electron chi connectivity index (χ0n) is 14.4. The first-order chi connectivity index (χ1) is 11.8. The van der Waals surface area contributed by atoms with Gasteiger partial charge in [0.05, 0.1) is 11.9 Å². The highest BCUT2D eigenvalue weighted by Gasteiger charge is 2.16. The molecule has 0 saturated heterocycles. The van der Waals surface area contributed by atoms with Gasteiger partial charge in [0.25, 0.3) is 5.91 Å². The molecule has 0 radical (unpaired) electrons. The first-order valence-electron chi connectivity index (χ1n) is 8.06. The van der Waals surface area contributed by atoms with E-state index in [-0.39, 0.29) is 17.3 Å². The summed E-state index contributed by atoms with van der Waals surface area (Å²) in [5, 5.41) is 10.0. The van der Waals surface area contributed by atoms with E-state index < -0.39 is 0 Å². The molecule has 0 bridgehead atoms. The maximum Gasteiger partial charge on any atom is 0.251 e. The molecule has 0 aliphatic rings. The van der Waals surface area contributed by atoms with E-state index in [1.54, 1.807) is 30.5 Å². The Kier molecular flexibility index (Phi) is 4.40. The fraction of sp³-hybridized carbons (Fsp3) is 0.200. The summed E-state index contributed by atoms with van der Waals surface area (Å²) in [6.07, 6.45) is 1.73. The average molecular weight is 337 g/mol. The summed E-state index contributed by atoms with van der Waals surface area (Å²) < 4.78 is 13.1. The van der Waals surface area contributed by atoms with Gasteiger partial charge in [-0.3, -0.25) is 9.89 Å². The van der Waals surface area contributed by atoms with Crippen molar-refractivity contribution in [1.29, 1.82) is 0 Å². The molecular weight excluding hydrogens is 317 g/mol. The van der Waals surface area contributed by atoms with Crippen molar-refractivity contribution in [2.24, 2.45) is 0 Å². The van der Waals surface area contributed by atoms with Crippen LogP contribution >= 0.6 is 0 Å². The van der Waals surface area contributed by atoms with E-state index in [1.807, 2.05) is 32.9 Å². The van der Waals surface area contributed by atoms with Crippen molar-refractivity contribution in [2.75, 3.05) is 0 Å². The maximum absolute atomic E-state index is 13.1. The third-order valence-corrected chi connectivity index (χ3v) is 3.72. The predicted octanol–water partition coefficient (Wildman–Crippen LogP) is 4.41. The lowest BCUT2D eigenvalue weighted by Crippen LogP contribution is -2.40. The van der Waals surface area contributed by atoms with E-state index in [2.05, 4.69) is 15.5 Å².